The average molecular weight is 285 g/mol. The van der Waals surface area contributed by atoms with Crippen molar-refractivity contribution in [1.82, 2.24) is 15.1 Å². The Kier molecular flexibility index (Phi) is 5.57. The lowest BCUT2D eigenvalue weighted by atomic mass is 9.99. The average Bonchev–Trinajstić information content (AvgIpc) is 2.92. The summed E-state index contributed by atoms with van der Waals surface area (Å²) in [5.74, 6) is 0.589. The van der Waals surface area contributed by atoms with Crippen molar-refractivity contribution >= 4 is 0 Å². The van der Waals surface area contributed by atoms with Gasteiger partial charge in [0.1, 0.15) is 0 Å². The smallest absolute Gasteiger partial charge is 0.0522 e. The number of benzene rings is 1. The van der Waals surface area contributed by atoms with E-state index in [9.17, 15) is 0 Å². The second-order valence-corrected chi connectivity index (χ2v) is 5.97. The zero-order chi connectivity index (χ0) is 15.2. The molecule has 1 atom stereocenters. The summed E-state index contributed by atoms with van der Waals surface area (Å²) in [4.78, 5) is 0. The molecule has 0 spiro atoms. The molecular formula is C18H27N3. The Bertz CT molecular complexity index is 540. The number of nitrogens with one attached hydrogen (secondary N) is 1. The summed E-state index contributed by atoms with van der Waals surface area (Å²) < 4.78 is 2.08. The second-order valence-electron chi connectivity index (χ2n) is 5.97. The van der Waals surface area contributed by atoms with Crippen molar-refractivity contribution in [1.29, 1.82) is 0 Å². The Balaban J connectivity index is 1.94. The molecule has 0 radical (unpaired) electrons. The molecule has 0 saturated carbocycles. The molecule has 3 heteroatoms. The van der Waals surface area contributed by atoms with Gasteiger partial charge in [0.25, 0.3) is 0 Å². The van der Waals surface area contributed by atoms with Gasteiger partial charge in [0, 0.05) is 25.3 Å². The molecule has 1 heterocycles. The van der Waals surface area contributed by atoms with Gasteiger partial charge in [0.05, 0.1) is 5.69 Å². The van der Waals surface area contributed by atoms with Crippen molar-refractivity contribution in [2.45, 2.75) is 59.2 Å². The first-order valence-corrected chi connectivity index (χ1v) is 7.95. The van der Waals surface area contributed by atoms with Gasteiger partial charge in [0.2, 0.25) is 0 Å². The Hall–Kier alpha value is -1.61. The van der Waals surface area contributed by atoms with E-state index in [4.69, 9.17) is 0 Å². The van der Waals surface area contributed by atoms with E-state index in [1.54, 1.807) is 0 Å². The normalized spacial score (nSPS) is 12.8. The molecule has 0 aliphatic carbocycles. The summed E-state index contributed by atoms with van der Waals surface area (Å²) >= 11 is 0. The molecule has 1 unspecified atom stereocenters. The zero-order valence-electron chi connectivity index (χ0n) is 13.6. The van der Waals surface area contributed by atoms with Crippen LogP contribution in [-0.2, 0) is 13.1 Å². The molecule has 1 N–H and O–H groups in total. The summed E-state index contributed by atoms with van der Waals surface area (Å²) in [5.41, 5.74) is 3.98. The molecule has 2 rings (SSSR count). The van der Waals surface area contributed by atoms with Crippen LogP contribution in [-0.4, -0.2) is 9.78 Å². The molecule has 21 heavy (non-hydrogen) atoms. The van der Waals surface area contributed by atoms with E-state index < -0.39 is 0 Å². The third-order valence-corrected chi connectivity index (χ3v) is 3.93. The van der Waals surface area contributed by atoms with Crippen molar-refractivity contribution in [3.05, 3.63) is 53.3 Å². The van der Waals surface area contributed by atoms with Crippen molar-refractivity contribution in [2.24, 2.45) is 0 Å². The summed E-state index contributed by atoms with van der Waals surface area (Å²) in [6.45, 7) is 10.7. The number of hydrogen-bond acceptors (Lipinski definition) is 2. The molecular weight excluding hydrogens is 258 g/mol. The van der Waals surface area contributed by atoms with Crippen LogP contribution in [0.3, 0.4) is 0 Å². The van der Waals surface area contributed by atoms with Crippen LogP contribution in [0.4, 0.5) is 0 Å². The van der Waals surface area contributed by atoms with Crippen molar-refractivity contribution in [3.8, 4) is 0 Å². The van der Waals surface area contributed by atoms with E-state index in [0.29, 0.717) is 12.0 Å². The topological polar surface area (TPSA) is 29.9 Å². The van der Waals surface area contributed by atoms with Crippen LogP contribution in [0.1, 0.15) is 62.9 Å². The fraction of sp³-hybridized carbons (Fsp3) is 0.500. The molecule has 0 amide bonds. The fourth-order valence-corrected chi connectivity index (χ4v) is 2.47. The number of aromatic nitrogens is 2. The quantitative estimate of drug-likeness (QED) is 0.823. The predicted molar refractivity (Wildman–Crippen MR) is 88.3 cm³/mol. The maximum absolute atomic E-state index is 4.36. The van der Waals surface area contributed by atoms with Gasteiger partial charge in [-0.1, -0.05) is 45.0 Å². The maximum Gasteiger partial charge on any atom is 0.0522 e. The van der Waals surface area contributed by atoms with Crippen LogP contribution in [0.5, 0.6) is 0 Å². The number of nitrogens with zero attached hydrogens (tertiary/aromatic N) is 2. The van der Waals surface area contributed by atoms with E-state index in [1.807, 2.05) is 6.20 Å². The van der Waals surface area contributed by atoms with Crippen LogP contribution in [0.25, 0.3) is 0 Å². The first kappa shape index (κ1) is 15.8. The van der Waals surface area contributed by atoms with E-state index in [-0.39, 0.29) is 0 Å². The molecule has 2 aromatic rings. The Morgan fingerprint density at radius 3 is 2.33 bits per heavy atom. The van der Waals surface area contributed by atoms with Gasteiger partial charge in [-0.3, -0.25) is 4.68 Å². The molecule has 0 aliphatic rings. The van der Waals surface area contributed by atoms with Crippen molar-refractivity contribution < 1.29 is 0 Å². The van der Waals surface area contributed by atoms with E-state index in [1.165, 1.54) is 16.8 Å². The number of rotatable bonds is 7. The third kappa shape index (κ3) is 4.18. The fourth-order valence-electron chi connectivity index (χ4n) is 2.47. The highest BCUT2D eigenvalue weighted by molar-refractivity contribution is 5.26. The maximum atomic E-state index is 4.36. The minimum atomic E-state index is 0.344. The van der Waals surface area contributed by atoms with Gasteiger partial charge < -0.3 is 5.32 Å². The zero-order valence-corrected chi connectivity index (χ0v) is 13.6. The highest BCUT2D eigenvalue weighted by atomic mass is 15.3. The van der Waals surface area contributed by atoms with E-state index in [2.05, 4.69) is 73.1 Å². The van der Waals surface area contributed by atoms with Gasteiger partial charge >= 0.3 is 0 Å². The molecule has 1 aromatic carbocycles. The molecule has 114 valence electrons. The van der Waals surface area contributed by atoms with Crippen LogP contribution in [0.15, 0.2) is 36.5 Å². The van der Waals surface area contributed by atoms with Gasteiger partial charge in [-0.15, -0.1) is 0 Å². The molecule has 1 aromatic heterocycles. The summed E-state index contributed by atoms with van der Waals surface area (Å²) in [6.07, 6.45) is 3.00. The Morgan fingerprint density at radius 2 is 1.71 bits per heavy atom. The van der Waals surface area contributed by atoms with Crippen LogP contribution < -0.4 is 5.32 Å². The molecule has 0 aliphatic heterocycles. The summed E-state index contributed by atoms with van der Waals surface area (Å²) in [5, 5.41) is 7.95. The molecule has 3 nitrogen and oxygen atoms in total. The third-order valence-electron chi connectivity index (χ3n) is 3.93. The SMILES string of the molecule is CCCn1nccc1CNC(C)c1ccc(C(C)C)cc1. The lowest BCUT2D eigenvalue weighted by Crippen LogP contribution is -2.20. The molecule has 0 fully saturated rings. The highest BCUT2D eigenvalue weighted by Gasteiger charge is 2.08. The van der Waals surface area contributed by atoms with Crippen LogP contribution >= 0.6 is 0 Å². The van der Waals surface area contributed by atoms with E-state index >= 15 is 0 Å². The van der Waals surface area contributed by atoms with Crippen LogP contribution in [0, 0.1) is 0 Å². The highest BCUT2D eigenvalue weighted by Crippen LogP contribution is 2.18. The van der Waals surface area contributed by atoms with Crippen LogP contribution in [0.2, 0.25) is 0 Å². The first-order chi connectivity index (χ1) is 10.1. The standard InChI is InChI=1S/C18H27N3/c1-5-12-21-18(10-11-20-21)13-19-15(4)17-8-6-16(7-9-17)14(2)3/h6-11,14-15,19H,5,12-13H2,1-4H3. The van der Waals surface area contributed by atoms with Gasteiger partial charge in [-0.25, -0.2) is 0 Å². The van der Waals surface area contributed by atoms with Crippen molar-refractivity contribution in [3.63, 3.8) is 0 Å². The minimum absolute atomic E-state index is 0.344. The number of hydrogen-bond donors (Lipinski definition) is 1. The molecule has 0 bridgehead atoms. The first-order valence-electron chi connectivity index (χ1n) is 7.95. The largest absolute Gasteiger partial charge is 0.305 e. The Labute approximate surface area is 128 Å². The summed E-state index contributed by atoms with van der Waals surface area (Å²) in [7, 11) is 0. The predicted octanol–water partition coefficient (Wildman–Crippen LogP) is 4.27. The van der Waals surface area contributed by atoms with Gasteiger partial charge in [-0.2, -0.15) is 5.10 Å². The number of aryl methyl sites for hydroxylation is 1. The van der Waals surface area contributed by atoms with Crippen molar-refractivity contribution in [2.75, 3.05) is 0 Å². The lowest BCUT2D eigenvalue weighted by Gasteiger charge is -2.16. The Morgan fingerprint density at radius 1 is 1.05 bits per heavy atom. The lowest BCUT2D eigenvalue weighted by molar-refractivity contribution is 0.517. The summed E-state index contributed by atoms with van der Waals surface area (Å²) in [6, 6.07) is 11.4. The minimum Gasteiger partial charge on any atom is -0.305 e. The molecule has 0 saturated heterocycles. The van der Waals surface area contributed by atoms with Gasteiger partial charge in [-0.05, 0) is 36.5 Å². The van der Waals surface area contributed by atoms with Gasteiger partial charge in [0.15, 0.2) is 0 Å². The second kappa shape index (κ2) is 7.41. The van der Waals surface area contributed by atoms with E-state index in [0.717, 1.165) is 19.5 Å². The monoisotopic (exact) mass is 285 g/mol.